The van der Waals surface area contributed by atoms with Gasteiger partial charge in [0.2, 0.25) is 0 Å². The first-order valence-corrected chi connectivity index (χ1v) is 7.79. The van der Waals surface area contributed by atoms with E-state index in [1.165, 1.54) is 0 Å². The van der Waals surface area contributed by atoms with Crippen LogP contribution in [0.1, 0.15) is 23.2 Å². The van der Waals surface area contributed by atoms with Gasteiger partial charge in [0, 0.05) is 17.4 Å². The van der Waals surface area contributed by atoms with Crippen molar-refractivity contribution in [1.82, 2.24) is 4.90 Å². The van der Waals surface area contributed by atoms with Gasteiger partial charge in [0.05, 0.1) is 30.3 Å². The Kier molecular flexibility index (Phi) is 4.04. The minimum atomic E-state index is -0.601. The van der Waals surface area contributed by atoms with E-state index in [4.69, 9.17) is 21.1 Å². The zero-order valence-electron chi connectivity index (χ0n) is 10.9. The maximum atomic E-state index is 12.6. The molecule has 0 atom stereocenters. The van der Waals surface area contributed by atoms with Crippen LogP contribution in [-0.2, 0) is 9.47 Å². The van der Waals surface area contributed by atoms with E-state index in [1.54, 1.807) is 17.0 Å². The van der Waals surface area contributed by atoms with Gasteiger partial charge in [-0.15, -0.1) is 0 Å². The first-order chi connectivity index (χ1) is 9.60. The number of likely N-dealkylation sites (tertiary alicyclic amines) is 1. The molecule has 0 bridgehead atoms. The Bertz CT molecular complexity index is 531. The van der Waals surface area contributed by atoms with E-state index in [1.807, 2.05) is 6.07 Å². The van der Waals surface area contributed by atoms with Crippen LogP contribution in [0.5, 0.6) is 0 Å². The molecule has 1 spiro atoms. The number of hydrogen-bond donors (Lipinski definition) is 0. The van der Waals surface area contributed by atoms with Gasteiger partial charge in [0.25, 0.3) is 5.91 Å². The summed E-state index contributed by atoms with van der Waals surface area (Å²) in [5, 5.41) is 0.456. The molecule has 0 N–H and O–H groups in total. The molecule has 2 aliphatic heterocycles. The van der Waals surface area contributed by atoms with Crippen LogP contribution in [0.15, 0.2) is 22.7 Å². The predicted octanol–water partition coefficient (Wildman–Crippen LogP) is 3.08. The molecule has 4 nitrogen and oxygen atoms in total. The second-order valence-electron chi connectivity index (χ2n) is 5.06. The molecule has 0 aromatic heterocycles. The summed E-state index contributed by atoms with van der Waals surface area (Å²) >= 11 is 9.50. The third kappa shape index (κ3) is 2.72. The topological polar surface area (TPSA) is 38.8 Å². The Balaban J connectivity index is 1.79. The number of benzene rings is 1. The van der Waals surface area contributed by atoms with Crippen molar-refractivity contribution in [2.75, 3.05) is 26.3 Å². The molecular formula is C14H15BrClNO3. The summed E-state index contributed by atoms with van der Waals surface area (Å²) in [7, 11) is 0. The fraction of sp³-hybridized carbons (Fsp3) is 0.500. The predicted molar refractivity (Wildman–Crippen MR) is 78.9 cm³/mol. The molecule has 1 amide bonds. The van der Waals surface area contributed by atoms with Gasteiger partial charge in [0.15, 0.2) is 5.79 Å². The quantitative estimate of drug-likeness (QED) is 0.772. The van der Waals surface area contributed by atoms with Crippen LogP contribution in [0.25, 0.3) is 0 Å². The summed E-state index contributed by atoms with van der Waals surface area (Å²) in [6, 6.07) is 5.30. The zero-order valence-corrected chi connectivity index (χ0v) is 13.2. The van der Waals surface area contributed by atoms with Crippen LogP contribution >= 0.6 is 27.5 Å². The number of amides is 1. The first-order valence-electron chi connectivity index (χ1n) is 6.62. The van der Waals surface area contributed by atoms with E-state index >= 15 is 0 Å². The lowest BCUT2D eigenvalue weighted by Gasteiger charge is -2.38. The van der Waals surface area contributed by atoms with Crippen molar-refractivity contribution in [1.29, 1.82) is 0 Å². The highest BCUT2D eigenvalue weighted by Gasteiger charge is 2.42. The summed E-state index contributed by atoms with van der Waals surface area (Å²) in [5.74, 6) is -0.670. The van der Waals surface area contributed by atoms with Crippen molar-refractivity contribution in [3.05, 3.63) is 33.3 Å². The molecule has 0 aliphatic carbocycles. The van der Waals surface area contributed by atoms with Crippen molar-refractivity contribution in [3.8, 4) is 0 Å². The lowest BCUT2D eigenvalue weighted by molar-refractivity contribution is -0.183. The number of ether oxygens (including phenoxy) is 2. The average Bonchev–Trinajstić information content (AvgIpc) is 2.86. The van der Waals surface area contributed by atoms with Crippen LogP contribution in [0.3, 0.4) is 0 Å². The molecule has 0 radical (unpaired) electrons. The SMILES string of the molecule is O=C(c1ccc(Br)cc1Cl)N1CCCC2(C1)OCCO2. The van der Waals surface area contributed by atoms with Crippen molar-refractivity contribution in [2.24, 2.45) is 0 Å². The van der Waals surface area contributed by atoms with Gasteiger partial charge in [-0.05, 0) is 24.6 Å². The van der Waals surface area contributed by atoms with Gasteiger partial charge in [-0.2, -0.15) is 0 Å². The summed E-state index contributed by atoms with van der Waals surface area (Å²) < 4.78 is 12.2. The molecule has 6 heteroatoms. The Morgan fingerprint density at radius 2 is 2.10 bits per heavy atom. The van der Waals surface area contributed by atoms with Crippen LogP contribution < -0.4 is 0 Å². The van der Waals surface area contributed by atoms with Crippen LogP contribution in [0.4, 0.5) is 0 Å². The largest absolute Gasteiger partial charge is 0.346 e. The molecule has 0 unspecified atom stereocenters. The second-order valence-corrected chi connectivity index (χ2v) is 6.38. The third-order valence-corrected chi connectivity index (χ3v) is 4.49. The minimum absolute atomic E-state index is 0.0688. The van der Waals surface area contributed by atoms with E-state index in [0.29, 0.717) is 36.9 Å². The number of halogens is 2. The van der Waals surface area contributed by atoms with E-state index in [2.05, 4.69) is 15.9 Å². The number of hydrogen-bond acceptors (Lipinski definition) is 3. The Morgan fingerprint density at radius 3 is 2.80 bits per heavy atom. The molecule has 2 heterocycles. The standard InChI is InChI=1S/C14H15BrClNO3/c15-10-2-3-11(12(16)8-10)13(18)17-5-1-4-14(9-17)19-6-7-20-14/h2-3,8H,1,4-7,9H2. The van der Waals surface area contributed by atoms with E-state index < -0.39 is 5.79 Å². The van der Waals surface area contributed by atoms with Gasteiger partial charge in [-0.1, -0.05) is 27.5 Å². The van der Waals surface area contributed by atoms with Crippen molar-refractivity contribution >= 4 is 33.4 Å². The highest BCUT2D eigenvalue weighted by atomic mass is 79.9. The zero-order chi connectivity index (χ0) is 14.2. The summed E-state index contributed by atoms with van der Waals surface area (Å²) in [6.45, 7) is 2.38. The molecule has 2 aliphatic rings. The minimum Gasteiger partial charge on any atom is -0.346 e. The maximum Gasteiger partial charge on any atom is 0.255 e. The van der Waals surface area contributed by atoms with E-state index in [9.17, 15) is 4.79 Å². The van der Waals surface area contributed by atoms with Gasteiger partial charge in [0.1, 0.15) is 0 Å². The number of carbonyl (C=O) groups is 1. The number of nitrogens with zero attached hydrogens (tertiary/aromatic N) is 1. The first kappa shape index (κ1) is 14.3. The van der Waals surface area contributed by atoms with Crippen LogP contribution in [-0.4, -0.2) is 42.9 Å². The van der Waals surface area contributed by atoms with Gasteiger partial charge >= 0.3 is 0 Å². The molecule has 2 fully saturated rings. The lowest BCUT2D eigenvalue weighted by Crippen LogP contribution is -2.51. The van der Waals surface area contributed by atoms with Gasteiger partial charge < -0.3 is 14.4 Å². The van der Waals surface area contributed by atoms with Gasteiger partial charge in [-0.3, -0.25) is 4.79 Å². The van der Waals surface area contributed by atoms with Crippen molar-refractivity contribution in [3.63, 3.8) is 0 Å². The van der Waals surface area contributed by atoms with Crippen molar-refractivity contribution < 1.29 is 14.3 Å². The Morgan fingerprint density at radius 1 is 1.35 bits per heavy atom. The van der Waals surface area contributed by atoms with E-state index in [0.717, 1.165) is 17.3 Å². The van der Waals surface area contributed by atoms with Crippen molar-refractivity contribution in [2.45, 2.75) is 18.6 Å². The molecule has 1 aromatic carbocycles. The monoisotopic (exact) mass is 359 g/mol. The summed E-state index contributed by atoms with van der Waals surface area (Å²) in [6.07, 6.45) is 1.71. The average molecular weight is 361 g/mol. The number of carbonyl (C=O) groups excluding carboxylic acids is 1. The van der Waals surface area contributed by atoms with Gasteiger partial charge in [-0.25, -0.2) is 0 Å². The fourth-order valence-electron chi connectivity index (χ4n) is 2.73. The molecule has 2 saturated heterocycles. The number of piperidine rings is 1. The highest BCUT2D eigenvalue weighted by molar-refractivity contribution is 9.10. The smallest absolute Gasteiger partial charge is 0.255 e. The van der Waals surface area contributed by atoms with E-state index in [-0.39, 0.29) is 5.91 Å². The molecular weight excluding hydrogens is 346 g/mol. The lowest BCUT2D eigenvalue weighted by atomic mass is 10.0. The summed E-state index contributed by atoms with van der Waals surface area (Å²) in [4.78, 5) is 14.4. The maximum absolute atomic E-state index is 12.6. The third-order valence-electron chi connectivity index (χ3n) is 3.68. The van der Waals surface area contributed by atoms with Crippen LogP contribution in [0, 0.1) is 0 Å². The molecule has 0 saturated carbocycles. The highest BCUT2D eigenvalue weighted by Crippen LogP contribution is 2.31. The number of rotatable bonds is 1. The fourth-order valence-corrected chi connectivity index (χ4v) is 3.48. The molecule has 3 rings (SSSR count). The Hall–Kier alpha value is -0.620. The Labute approximate surface area is 131 Å². The summed E-state index contributed by atoms with van der Waals surface area (Å²) in [5.41, 5.74) is 0.518. The molecule has 1 aromatic rings. The molecule has 108 valence electrons. The second kappa shape index (κ2) is 5.64. The van der Waals surface area contributed by atoms with Crippen LogP contribution in [0.2, 0.25) is 5.02 Å². The molecule has 20 heavy (non-hydrogen) atoms. The normalized spacial score (nSPS) is 21.4.